The highest BCUT2D eigenvalue weighted by Crippen LogP contribution is 2.35. The molecule has 7 heteroatoms. The van der Waals surface area contributed by atoms with Crippen LogP contribution < -0.4 is 5.01 Å². The van der Waals surface area contributed by atoms with Crippen molar-refractivity contribution in [3.05, 3.63) is 108 Å². The number of allylic oxidation sites excluding steroid dienone is 2. The highest BCUT2D eigenvalue weighted by Gasteiger charge is 2.36. The molecule has 6 rings (SSSR count). The van der Waals surface area contributed by atoms with E-state index in [1.165, 1.54) is 16.8 Å². The predicted molar refractivity (Wildman–Crippen MR) is 143 cm³/mol. The number of hydrogen-bond acceptors (Lipinski definition) is 6. The van der Waals surface area contributed by atoms with Gasteiger partial charge in [-0.2, -0.15) is 5.21 Å². The fourth-order valence-electron chi connectivity index (χ4n) is 4.98. The minimum Gasteiger partial charge on any atom is -0.259 e. The number of aromatic amines is 1. The second-order valence-electron chi connectivity index (χ2n) is 9.05. The van der Waals surface area contributed by atoms with Crippen LogP contribution in [0.25, 0.3) is 22.5 Å². The van der Waals surface area contributed by atoms with E-state index in [9.17, 15) is 0 Å². The van der Waals surface area contributed by atoms with E-state index in [0.717, 1.165) is 41.0 Å². The van der Waals surface area contributed by atoms with E-state index in [4.69, 9.17) is 4.99 Å². The molecule has 0 saturated carbocycles. The first-order valence-corrected chi connectivity index (χ1v) is 12.2. The molecular formula is C29H27N7. The molecule has 36 heavy (non-hydrogen) atoms. The summed E-state index contributed by atoms with van der Waals surface area (Å²) in [4.78, 5) is 5.04. The molecule has 7 nitrogen and oxygen atoms in total. The van der Waals surface area contributed by atoms with Gasteiger partial charge >= 0.3 is 0 Å². The molecule has 0 amide bonds. The van der Waals surface area contributed by atoms with Crippen molar-refractivity contribution >= 4 is 11.4 Å². The molecule has 3 aromatic carbocycles. The van der Waals surface area contributed by atoms with Gasteiger partial charge in [0.25, 0.3) is 0 Å². The van der Waals surface area contributed by atoms with E-state index in [1.54, 1.807) is 0 Å². The number of hydrazine groups is 1. The van der Waals surface area contributed by atoms with E-state index in [1.807, 2.05) is 18.2 Å². The summed E-state index contributed by atoms with van der Waals surface area (Å²) < 4.78 is 0. The number of rotatable bonds is 6. The molecule has 178 valence electrons. The zero-order valence-electron chi connectivity index (χ0n) is 20.3. The number of tetrazole rings is 1. The van der Waals surface area contributed by atoms with Gasteiger partial charge in [0.2, 0.25) is 5.82 Å². The summed E-state index contributed by atoms with van der Waals surface area (Å²) in [6.07, 6.45) is 6.15. The Bertz CT molecular complexity index is 1450. The molecule has 0 saturated heterocycles. The third kappa shape index (κ3) is 3.98. The Morgan fingerprint density at radius 3 is 2.36 bits per heavy atom. The van der Waals surface area contributed by atoms with Gasteiger partial charge in [0.05, 0.1) is 11.7 Å². The number of anilines is 1. The van der Waals surface area contributed by atoms with Crippen LogP contribution in [-0.2, 0) is 6.42 Å². The number of fused-ring (bicyclic) bond motifs is 1. The lowest BCUT2D eigenvalue weighted by Crippen LogP contribution is -2.47. The molecule has 2 aliphatic heterocycles. The number of para-hydroxylation sites is 1. The molecule has 0 fully saturated rings. The van der Waals surface area contributed by atoms with Crippen molar-refractivity contribution in [2.45, 2.75) is 32.7 Å². The lowest BCUT2D eigenvalue weighted by atomic mass is 9.95. The molecule has 1 aromatic heterocycles. The highest BCUT2D eigenvalue weighted by molar-refractivity contribution is 5.93. The smallest absolute Gasteiger partial charge is 0.205 e. The fraction of sp³-hybridized carbons (Fsp3) is 0.172. The van der Waals surface area contributed by atoms with E-state index in [0.29, 0.717) is 5.82 Å². The largest absolute Gasteiger partial charge is 0.259 e. The monoisotopic (exact) mass is 473 g/mol. The van der Waals surface area contributed by atoms with Gasteiger partial charge in [0, 0.05) is 23.9 Å². The summed E-state index contributed by atoms with van der Waals surface area (Å²) in [5.41, 5.74) is 7.96. The van der Waals surface area contributed by atoms with Crippen LogP contribution in [0.3, 0.4) is 0 Å². The maximum absolute atomic E-state index is 5.04. The van der Waals surface area contributed by atoms with Crippen molar-refractivity contribution in [3.63, 3.8) is 0 Å². The third-order valence-electron chi connectivity index (χ3n) is 6.68. The van der Waals surface area contributed by atoms with Gasteiger partial charge in [-0.05, 0) is 59.0 Å². The van der Waals surface area contributed by atoms with Gasteiger partial charge in [-0.25, -0.2) is 4.99 Å². The summed E-state index contributed by atoms with van der Waals surface area (Å²) in [5.74, 6) is 1.60. The standard InChI is InChI=1S/C29H27N7/c1-3-26-27(36-28(30-26)17-20(2)19-35(36)23-9-5-4-6-10-23)18-21-13-15-22(16-14-21)24-11-7-8-12-25(24)29-31-33-34-32-29/h4-17,19,27H,3,18H2,1-2H3,(H,31,32,33,34). The normalized spacial score (nSPS) is 16.9. The SMILES string of the molecule is CCC1=NC2=CC(C)=CN(c3ccccc3)N2C1Cc1ccc(-c2ccccc2-c2nn[nH]n2)cc1. The molecular weight excluding hydrogens is 446 g/mol. The number of nitrogens with one attached hydrogen (secondary N) is 1. The molecule has 0 spiro atoms. The molecule has 0 aliphatic carbocycles. The number of benzene rings is 3. The molecule has 1 N–H and O–H groups in total. The molecule has 3 heterocycles. The van der Waals surface area contributed by atoms with Crippen LogP contribution in [0.5, 0.6) is 0 Å². The van der Waals surface area contributed by atoms with Crippen LogP contribution in [-0.4, -0.2) is 37.4 Å². The Hall–Kier alpha value is -4.52. The quantitative estimate of drug-likeness (QED) is 0.384. The second-order valence-corrected chi connectivity index (χ2v) is 9.05. The van der Waals surface area contributed by atoms with Crippen LogP contribution in [0.15, 0.2) is 108 Å². The maximum atomic E-state index is 5.04. The summed E-state index contributed by atoms with van der Waals surface area (Å²) in [7, 11) is 0. The summed E-state index contributed by atoms with van der Waals surface area (Å²) in [6.45, 7) is 4.32. The van der Waals surface area contributed by atoms with Crippen molar-refractivity contribution in [3.8, 4) is 22.5 Å². The Morgan fingerprint density at radius 2 is 1.64 bits per heavy atom. The lowest BCUT2D eigenvalue weighted by Gasteiger charge is -2.40. The average Bonchev–Trinajstić information content (AvgIpc) is 3.58. The average molecular weight is 474 g/mol. The minimum atomic E-state index is 0.156. The van der Waals surface area contributed by atoms with Crippen LogP contribution >= 0.6 is 0 Å². The first-order valence-electron chi connectivity index (χ1n) is 12.2. The lowest BCUT2D eigenvalue weighted by molar-refractivity contribution is 0.316. The number of nitrogens with zero attached hydrogens (tertiary/aromatic N) is 6. The maximum Gasteiger partial charge on any atom is 0.205 e. The van der Waals surface area contributed by atoms with E-state index >= 15 is 0 Å². The molecule has 4 aromatic rings. The van der Waals surface area contributed by atoms with Gasteiger partial charge in [-0.15, -0.1) is 10.2 Å². The van der Waals surface area contributed by atoms with Crippen molar-refractivity contribution in [1.29, 1.82) is 0 Å². The second kappa shape index (κ2) is 9.26. The van der Waals surface area contributed by atoms with Gasteiger partial charge < -0.3 is 0 Å². The Kier molecular flexibility index (Phi) is 5.65. The van der Waals surface area contributed by atoms with Gasteiger partial charge in [-0.3, -0.25) is 10.0 Å². The first-order chi connectivity index (χ1) is 17.7. The molecule has 1 unspecified atom stereocenters. The first kappa shape index (κ1) is 22.0. The molecule has 2 aliphatic rings. The van der Waals surface area contributed by atoms with E-state index in [-0.39, 0.29) is 6.04 Å². The van der Waals surface area contributed by atoms with Crippen LogP contribution in [0.2, 0.25) is 0 Å². The van der Waals surface area contributed by atoms with Gasteiger partial charge in [0.15, 0.2) is 0 Å². The minimum absolute atomic E-state index is 0.156. The Labute approximate surface area is 210 Å². The molecule has 0 radical (unpaired) electrons. The van der Waals surface area contributed by atoms with Crippen molar-refractivity contribution in [2.24, 2.45) is 4.99 Å². The molecule has 1 atom stereocenters. The van der Waals surface area contributed by atoms with E-state index in [2.05, 4.69) is 117 Å². The van der Waals surface area contributed by atoms with Crippen LogP contribution in [0.1, 0.15) is 25.8 Å². The third-order valence-corrected chi connectivity index (χ3v) is 6.68. The Morgan fingerprint density at radius 1 is 0.889 bits per heavy atom. The van der Waals surface area contributed by atoms with Crippen molar-refractivity contribution in [1.82, 2.24) is 25.6 Å². The van der Waals surface area contributed by atoms with Crippen molar-refractivity contribution < 1.29 is 0 Å². The molecule has 0 bridgehead atoms. The number of aromatic nitrogens is 4. The number of H-pyrrole nitrogens is 1. The topological polar surface area (TPSA) is 73.3 Å². The van der Waals surface area contributed by atoms with Crippen molar-refractivity contribution in [2.75, 3.05) is 5.01 Å². The van der Waals surface area contributed by atoms with Gasteiger partial charge in [0.1, 0.15) is 5.82 Å². The predicted octanol–water partition coefficient (Wildman–Crippen LogP) is 5.79. The summed E-state index contributed by atoms with van der Waals surface area (Å²) >= 11 is 0. The Balaban J connectivity index is 1.30. The van der Waals surface area contributed by atoms with Crippen LogP contribution in [0.4, 0.5) is 5.69 Å². The number of aliphatic imine (C=N–C) groups is 1. The fourth-order valence-corrected chi connectivity index (χ4v) is 4.98. The van der Waals surface area contributed by atoms with Gasteiger partial charge in [-0.1, -0.05) is 73.7 Å². The summed E-state index contributed by atoms with van der Waals surface area (Å²) in [5, 5.41) is 19.2. The van der Waals surface area contributed by atoms with E-state index < -0.39 is 0 Å². The van der Waals surface area contributed by atoms with Crippen LogP contribution in [0, 0.1) is 0 Å². The highest BCUT2D eigenvalue weighted by atomic mass is 15.7. The zero-order chi connectivity index (χ0) is 24.5. The number of hydrogen-bond donors (Lipinski definition) is 1. The zero-order valence-corrected chi connectivity index (χ0v) is 20.3. The summed E-state index contributed by atoms with van der Waals surface area (Å²) in [6, 6.07) is 27.6.